The topological polar surface area (TPSA) is 32.5 Å². The lowest BCUT2D eigenvalue weighted by Crippen LogP contribution is -2.57. The van der Waals surface area contributed by atoms with Crippen molar-refractivity contribution in [2.45, 2.75) is 58.0 Å². The Morgan fingerprint density at radius 1 is 1.29 bits per heavy atom. The number of nitrogens with zero attached hydrogens (tertiary/aromatic N) is 2. The van der Waals surface area contributed by atoms with E-state index >= 15 is 0 Å². The molecule has 1 heterocycles. The standard InChI is InChI=1S/C14H31N3/c1-5-8-14(3,12-15)17-10-7-9-16(4)11-13(17)6-2/h13H,5-12,15H2,1-4H3. The third-order valence-electron chi connectivity index (χ3n) is 4.30. The smallest absolute Gasteiger partial charge is 0.0306 e. The number of likely N-dealkylation sites (N-methyl/N-ethyl adjacent to an activating group) is 1. The Labute approximate surface area is 107 Å². The average molecular weight is 241 g/mol. The van der Waals surface area contributed by atoms with E-state index in [0.29, 0.717) is 6.04 Å². The Balaban J connectivity index is 2.82. The summed E-state index contributed by atoms with van der Waals surface area (Å²) in [6.45, 7) is 11.3. The lowest BCUT2D eigenvalue weighted by atomic mass is 9.91. The van der Waals surface area contributed by atoms with Gasteiger partial charge in [0.1, 0.15) is 0 Å². The summed E-state index contributed by atoms with van der Waals surface area (Å²) in [7, 11) is 2.24. The second kappa shape index (κ2) is 6.72. The second-order valence-electron chi connectivity index (χ2n) is 5.82. The van der Waals surface area contributed by atoms with Gasteiger partial charge in [0.2, 0.25) is 0 Å². The van der Waals surface area contributed by atoms with E-state index in [-0.39, 0.29) is 5.54 Å². The van der Waals surface area contributed by atoms with Gasteiger partial charge < -0.3 is 10.6 Å². The predicted molar refractivity (Wildman–Crippen MR) is 75.3 cm³/mol. The molecule has 17 heavy (non-hydrogen) atoms. The van der Waals surface area contributed by atoms with Crippen LogP contribution in [0.3, 0.4) is 0 Å². The van der Waals surface area contributed by atoms with Crippen LogP contribution in [0.25, 0.3) is 0 Å². The predicted octanol–water partition coefficient (Wildman–Crippen LogP) is 1.92. The number of nitrogens with two attached hydrogens (primary N) is 1. The van der Waals surface area contributed by atoms with E-state index in [1.54, 1.807) is 0 Å². The van der Waals surface area contributed by atoms with Gasteiger partial charge in [-0.05, 0) is 39.8 Å². The zero-order valence-corrected chi connectivity index (χ0v) is 12.2. The van der Waals surface area contributed by atoms with Crippen LogP contribution in [-0.2, 0) is 0 Å². The van der Waals surface area contributed by atoms with Crippen molar-refractivity contribution in [2.75, 3.05) is 33.2 Å². The van der Waals surface area contributed by atoms with E-state index in [1.165, 1.54) is 45.3 Å². The van der Waals surface area contributed by atoms with Gasteiger partial charge in [0.25, 0.3) is 0 Å². The first-order valence-corrected chi connectivity index (χ1v) is 7.22. The molecule has 3 nitrogen and oxygen atoms in total. The molecule has 1 fully saturated rings. The van der Waals surface area contributed by atoms with Crippen molar-refractivity contribution < 1.29 is 0 Å². The minimum Gasteiger partial charge on any atom is -0.329 e. The van der Waals surface area contributed by atoms with Crippen molar-refractivity contribution in [3.05, 3.63) is 0 Å². The zero-order valence-electron chi connectivity index (χ0n) is 12.2. The van der Waals surface area contributed by atoms with Gasteiger partial charge in [-0.25, -0.2) is 0 Å². The summed E-state index contributed by atoms with van der Waals surface area (Å²) in [5.74, 6) is 0. The van der Waals surface area contributed by atoms with E-state index in [2.05, 4.69) is 37.6 Å². The lowest BCUT2D eigenvalue weighted by molar-refractivity contribution is 0.0527. The fourth-order valence-electron chi connectivity index (χ4n) is 3.20. The molecule has 0 radical (unpaired) electrons. The highest BCUT2D eigenvalue weighted by molar-refractivity contribution is 4.93. The number of rotatable bonds is 5. The van der Waals surface area contributed by atoms with Gasteiger partial charge in [0.05, 0.1) is 0 Å². The zero-order chi connectivity index (χ0) is 12.9. The number of hydrogen-bond acceptors (Lipinski definition) is 3. The highest BCUT2D eigenvalue weighted by atomic mass is 15.3. The van der Waals surface area contributed by atoms with Gasteiger partial charge in [-0.2, -0.15) is 0 Å². The molecule has 0 aromatic rings. The summed E-state index contributed by atoms with van der Waals surface area (Å²) in [6.07, 6.45) is 4.93. The molecular formula is C14H31N3. The molecule has 0 aliphatic carbocycles. The fourth-order valence-corrected chi connectivity index (χ4v) is 3.20. The maximum absolute atomic E-state index is 6.07. The van der Waals surface area contributed by atoms with E-state index in [1.807, 2.05) is 0 Å². The summed E-state index contributed by atoms with van der Waals surface area (Å²) < 4.78 is 0. The highest BCUT2D eigenvalue weighted by Crippen LogP contribution is 2.26. The summed E-state index contributed by atoms with van der Waals surface area (Å²) in [5, 5.41) is 0. The summed E-state index contributed by atoms with van der Waals surface area (Å²) in [4.78, 5) is 5.16. The molecule has 3 heteroatoms. The Kier molecular flexibility index (Phi) is 5.90. The SMILES string of the molecule is CCCC(C)(CN)N1CCCN(C)CC1CC. The maximum atomic E-state index is 6.07. The lowest BCUT2D eigenvalue weighted by Gasteiger charge is -2.45. The van der Waals surface area contributed by atoms with Gasteiger partial charge in [-0.15, -0.1) is 0 Å². The van der Waals surface area contributed by atoms with E-state index in [0.717, 1.165) is 6.54 Å². The van der Waals surface area contributed by atoms with Crippen LogP contribution in [0.4, 0.5) is 0 Å². The van der Waals surface area contributed by atoms with E-state index < -0.39 is 0 Å². The molecule has 102 valence electrons. The molecule has 0 saturated carbocycles. The highest BCUT2D eigenvalue weighted by Gasteiger charge is 2.35. The first kappa shape index (κ1) is 14.9. The van der Waals surface area contributed by atoms with E-state index in [4.69, 9.17) is 5.73 Å². The van der Waals surface area contributed by atoms with Crippen molar-refractivity contribution in [3.63, 3.8) is 0 Å². The molecular weight excluding hydrogens is 210 g/mol. The van der Waals surface area contributed by atoms with Crippen LogP contribution >= 0.6 is 0 Å². The van der Waals surface area contributed by atoms with Crippen molar-refractivity contribution in [2.24, 2.45) is 5.73 Å². The minimum absolute atomic E-state index is 0.195. The Morgan fingerprint density at radius 2 is 2.00 bits per heavy atom. The van der Waals surface area contributed by atoms with Gasteiger partial charge >= 0.3 is 0 Å². The first-order valence-electron chi connectivity index (χ1n) is 7.22. The molecule has 0 aromatic heterocycles. The van der Waals surface area contributed by atoms with Crippen LogP contribution in [0, 0.1) is 0 Å². The van der Waals surface area contributed by atoms with Gasteiger partial charge in [0.15, 0.2) is 0 Å². The van der Waals surface area contributed by atoms with Gasteiger partial charge in [0, 0.05) is 31.2 Å². The van der Waals surface area contributed by atoms with Crippen LogP contribution in [0.2, 0.25) is 0 Å². The normalized spacial score (nSPS) is 27.7. The maximum Gasteiger partial charge on any atom is 0.0306 e. The summed E-state index contributed by atoms with van der Waals surface area (Å²) >= 11 is 0. The van der Waals surface area contributed by atoms with Crippen molar-refractivity contribution in [3.8, 4) is 0 Å². The van der Waals surface area contributed by atoms with Crippen LogP contribution < -0.4 is 5.73 Å². The molecule has 0 aromatic carbocycles. The molecule has 1 aliphatic heterocycles. The fraction of sp³-hybridized carbons (Fsp3) is 1.00. The number of hydrogen-bond donors (Lipinski definition) is 1. The third-order valence-corrected chi connectivity index (χ3v) is 4.30. The van der Waals surface area contributed by atoms with E-state index in [9.17, 15) is 0 Å². The van der Waals surface area contributed by atoms with Crippen molar-refractivity contribution >= 4 is 0 Å². The molecule has 2 atom stereocenters. The van der Waals surface area contributed by atoms with Crippen LogP contribution in [-0.4, -0.2) is 54.6 Å². The first-order chi connectivity index (χ1) is 8.07. The van der Waals surface area contributed by atoms with Crippen LogP contribution in [0.1, 0.15) is 46.5 Å². The Hall–Kier alpha value is -0.120. The molecule has 0 spiro atoms. The van der Waals surface area contributed by atoms with Crippen molar-refractivity contribution in [1.82, 2.24) is 9.80 Å². The summed E-state index contributed by atoms with van der Waals surface area (Å²) in [6, 6.07) is 0.669. The van der Waals surface area contributed by atoms with Crippen molar-refractivity contribution in [1.29, 1.82) is 0 Å². The Bertz CT molecular complexity index is 220. The quantitative estimate of drug-likeness (QED) is 0.798. The molecule has 1 rings (SSSR count). The van der Waals surface area contributed by atoms with Gasteiger partial charge in [-0.3, -0.25) is 4.90 Å². The molecule has 0 bridgehead atoms. The third kappa shape index (κ3) is 3.67. The second-order valence-corrected chi connectivity index (χ2v) is 5.82. The average Bonchev–Trinajstić information content (AvgIpc) is 2.51. The molecule has 2 unspecified atom stereocenters. The summed E-state index contributed by atoms with van der Waals surface area (Å²) in [5.41, 5.74) is 6.27. The van der Waals surface area contributed by atoms with Crippen LogP contribution in [0.5, 0.6) is 0 Å². The molecule has 1 saturated heterocycles. The minimum atomic E-state index is 0.195. The van der Waals surface area contributed by atoms with Gasteiger partial charge in [-0.1, -0.05) is 20.3 Å². The Morgan fingerprint density at radius 3 is 2.53 bits per heavy atom. The molecule has 1 aliphatic rings. The largest absolute Gasteiger partial charge is 0.329 e. The molecule has 0 amide bonds. The van der Waals surface area contributed by atoms with Crippen LogP contribution in [0.15, 0.2) is 0 Å². The molecule has 2 N–H and O–H groups in total. The monoisotopic (exact) mass is 241 g/mol.